The van der Waals surface area contributed by atoms with Gasteiger partial charge in [0.1, 0.15) is 0 Å². The van der Waals surface area contributed by atoms with Crippen molar-refractivity contribution in [2.45, 2.75) is 19.8 Å². The van der Waals surface area contributed by atoms with E-state index in [0.717, 1.165) is 29.7 Å². The molecule has 15 heavy (non-hydrogen) atoms. The molecule has 0 spiro atoms. The molecule has 2 aromatic heterocycles. The van der Waals surface area contributed by atoms with E-state index < -0.39 is 0 Å². The van der Waals surface area contributed by atoms with Crippen LogP contribution in [0, 0.1) is 2.88 Å². The second kappa shape index (κ2) is 4.52. The average Bonchev–Trinajstić information content (AvgIpc) is 2.76. The number of aromatic nitrogens is 1. The third kappa shape index (κ3) is 2.17. The summed E-state index contributed by atoms with van der Waals surface area (Å²) in [6.07, 6.45) is 1.96. The van der Waals surface area contributed by atoms with E-state index in [-0.39, 0.29) is 0 Å². The van der Waals surface area contributed by atoms with Crippen molar-refractivity contribution >= 4 is 39.7 Å². The molecule has 80 valence electrons. The van der Waals surface area contributed by atoms with Gasteiger partial charge in [-0.15, -0.1) is 11.3 Å². The number of anilines is 1. The summed E-state index contributed by atoms with van der Waals surface area (Å²) in [6.45, 7) is 2.12. The van der Waals surface area contributed by atoms with Gasteiger partial charge in [0.05, 0.1) is 2.88 Å². The van der Waals surface area contributed by atoms with Crippen molar-refractivity contribution in [3.63, 3.8) is 0 Å². The summed E-state index contributed by atoms with van der Waals surface area (Å²) in [5, 5.41) is 5.90. The van der Waals surface area contributed by atoms with E-state index in [4.69, 9.17) is 10.3 Å². The molecule has 0 aliphatic heterocycles. The minimum absolute atomic E-state index is 0.521. The summed E-state index contributed by atoms with van der Waals surface area (Å²) in [5.41, 5.74) is 7.88. The van der Waals surface area contributed by atoms with Crippen LogP contribution in [0.3, 0.4) is 0 Å². The highest BCUT2D eigenvalue weighted by atomic mass is 127. The van der Waals surface area contributed by atoms with Gasteiger partial charge in [0.15, 0.2) is 11.6 Å². The molecule has 0 saturated heterocycles. The molecule has 5 heteroatoms. The van der Waals surface area contributed by atoms with Gasteiger partial charge in [-0.3, -0.25) is 0 Å². The van der Waals surface area contributed by atoms with E-state index in [0.29, 0.717) is 5.82 Å². The highest BCUT2D eigenvalue weighted by molar-refractivity contribution is 14.1. The molecule has 2 aromatic rings. The number of nitrogens with two attached hydrogens (primary N) is 1. The number of hydrogen-bond acceptors (Lipinski definition) is 4. The number of hydrogen-bond donors (Lipinski definition) is 1. The smallest absolute Gasteiger partial charge is 0.173 e. The molecule has 0 unspecified atom stereocenters. The topological polar surface area (TPSA) is 52.0 Å². The predicted octanol–water partition coefficient (Wildman–Crippen LogP) is 3.54. The Morgan fingerprint density at radius 3 is 3.00 bits per heavy atom. The Morgan fingerprint density at radius 1 is 1.60 bits per heavy atom. The number of nitrogens with zero attached hydrogens (tertiary/aromatic N) is 1. The van der Waals surface area contributed by atoms with Crippen molar-refractivity contribution in [2.24, 2.45) is 0 Å². The molecule has 0 aliphatic carbocycles. The van der Waals surface area contributed by atoms with Crippen LogP contribution in [0.25, 0.3) is 11.3 Å². The van der Waals surface area contributed by atoms with Crippen LogP contribution in [0.2, 0.25) is 0 Å². The molecule has 0 saturated carbocycles. The molecule has 0 radical (unpaired) electrons. The summed E-state index contributed by atoms with van der Waals surface area (Å²) in [6, 6.07) is 2.09. The Balaban J connectivity index is 2.43. The number of thiophene rings is 1. The van der Waals surface area contributed by atoms with Gasteiger partial charge in [0.2, 0.25) is 0 Å². The zero-order chi connectivity index (χ0) is 10.8. The van der Waals surface area contributed by atoms with Crippen molar-refractivity contribution in [2.75, 3.05) is 5.73 Å². The zero-order valence-electron chi connectivity index (χ0n) is 8.29. The molecule has 0 aliphatic rings. The fourth-order valence-corrected chi connectivity index (χ4v) is 2.80. The van der Waals surface area contributed by atoms with Crippen LogP contribution in [0.1, 0.15) is 18.9 Å². The summed E-state index contributed by atoms with van der Waals surface area (Å²) >= 11 is 3.99. The van der Waals surface area contributed by atoms with Crippen molar-refractivity contribution in [3.05, 3.63) is 19.9 Å². The van der Waals surface area contributed by atoms with Crippen molar-refractivity contribution in [1.29, 1.82) is 0 Å². The van der Waals surface area contributed by atoms with Gasteiger partial charge in [0.25, 0.3) is 0 Å². The van der Waals surface area contributed by atoms with Crippen LogP contribution in [0.5, 0.6) is 0 Å². The standard InChI is InChI=1S/C10H11IN2OS/c1-2-3-7-9(14-13-10(7)12)6-4-8(11)15-5-6/h4-5H,2-3H2,1H3,(H2,12,13). The van der Waals surface area contributed by atoms with E-state index in [2.05, 4.69) is 46.1 Å². The normalized spacial score (nSPS) is 10.8. The van der Waals surface area contributed by atoms with Gasteiger partial charge in [-0.05, 0) is 35.1 Å². The molecule has 0 fully saturated rings. The maximum absolute atomic E-state index is 5.77. The molecular formula is C10H11IN2OS. The Hall–Kier alpha value is -0.560. The van der Waals surface area contributed by atoms with Crippen LogP contribution in [-0.4, -0.2) is 5.16 Å². The molecule has 2 rings (SSSR count). The molecule has 0 bridgehead atoms. The van der Waals surface area contributed by atoms with Gasteiger partial charge >= 0.3 is 0 Å². The van der Waals surface area contributed by atoms with E-state index >= 15 is 0 Å². The number of halogens is 1. The van der Waals surface area contributed by atoms with Crippen LogP contribution < -0.4 is 5.73 Å². The van der Waals surface area contributed by atoms with Gasteiger partial charge in [-0.1, -0.05) is 18.5 Å². The Bertz CT molecular complexity index is 464. The Morgan fingerprint density at radius 2 is 2.40 bits per heavy atom. The third-order valence-electron chi connectivity index (χ3n) is 2.15. The van der Waals surface area contributed by atoms with E-state index in [9.17, 15) is 0 Å². The van der Waals surface area contributed by atoms with Crippen LogP contribution in [0.15, 0.2) is 16.0 Å². The van der Waals surface area contributed by atoms with E-state index in [1.54, 1.807) is 11.3 Å². The highest BCUT2D eigenvalue weighted by Gasteiger charge is 2.15. The van der Waals surface area contributed by atoms with Gasteiger partial charge < -0.3 is 10.3 Å². The lowest BCUT2D eigenvalue weighted by atomic mass is 10.1. The minimum atomic E-state index is 0.521. The fraction of sp³-hybridized carbons (Fsp3) is 0.300. The molecule has 0 amide bonds. The third-order valence-corrected chi connectivity index (χ3v) is 3.94. The lowest BCUT2D eigenvalue weighted by molar-refractivity contribution is 0.435. The highest BCUT2D eigenvalue weighted by Crippen LogP contribution is 2.32. The predicted molar refractivity (Wildman–Crippen MR) is 70.9 cm³/mol. The van der Waals surface area contributed by atoms with Crippen molar-refractivity contribution in [3.8, 4) is 11.3 Å². The molecule has 0 atom stereocenters. The maximum Gasteiger partial charge on any atom is 0.173 e. The number of nitrogen functional groups attached to an aromatic ring is 1. The summed E-state index contributed by atoms with van der Waals surface area (Å²) < 4.78 is 6.51. The SMILES string of the molecule is CCCc1c(N)noc1-c1csc(I)c1. The first-order valence-electron chi connectivity index (χ1n) is 4.70. The molecule has 2 N–H and O–H groups in total. The van der Waals surface area contributed by atoms with Gasteiger partial charge in [0, 0.05) is 16.5 Å². The fourth-order valence-electron chi connectivity index (χ4n) is 1.47. The zero-order valence-corrected chi connectivity index (χ0v) is 11.3. The van der Waals surface area contributed by atoms with E-state index in [1.165, 1.54) is 2.88 Å². The monoisotopic (exact) mass is 334 g/mol. The second-order valence-electron chi connectivity index (χ2n) is 3.26. The lowest BCUT2D eigenvalue weighted by Gasteiger charge is -1.96. The summed E-state index contributed by atoms with van der Waals surface area (Å²) in [7, 11) is 0. The number of rotatable bonds is 3. The van der Waals surface area contributed by atoms with Crippen LogP contribution >= 0.6 is 33.9 Å². The quantitative estimate of drug-likeness (QED) is 0.874. The summed E-state index contributed by atoms with van der Waals surface area (Å²) in [5.74, 6) is 1.35. The first kappa shape index (κ1) is 10.9. The minimum Gasteiger partial charge on any atom is -0.381 e. The second-order valence-corrected chi connectivity index (χ2v) is 6.07. The van der Waals surface area contributed by atoms with Crippen LogP contribution in [0.4, 0.5) is 5.82 Å². The lowest BCUT2D eigenvalue weighted by Crippen LogP contribution is -1.92. The van der Waals surface area contributed by atoms with Crippen molar-refractivity contribution in [1.82, 2.24) is 5.16 Å². The molecule has 0 aromatic carbocycles. The molecular weight excluding hydrogens is 323 g/mol. The first-order chi connectivity index (χ1) is 7.22. The van der Waals surface area contributed by atoms with Crippen LogP contribution in [-0.2, 0) is 6.42 Å². The molecule has 2 heterocycles. The largest absolute Gasteiger partial charge is 0.381 e. The van der Waals surface area contributed by atoms with E-state index in [1.807, 2.05) is 0 Å². The van der Waals surface area contributed by atoms with Gasteiger partial charge in [-0.2, -0.15) is 0 Å². The average molecular weight is 334 g/mol. The summed E-state index contributed by atoms with van der Waals surface area (Å²) in [4.78, 5) is 0. The molecule has 3 nitrogen and oxygen atoms in total. The van der Waals surface area contributed by atoms with Crippen molar-refractivity contribution < 1.29 is 4.52 Å². The van der Waals surface area contributed by atoms with Gasteiger partial charge in [-0.25, -0.2) is 0 Å². The maximum atomic E-state index is 5.77. The Kier molecular flexibility index (Phi) is 3.30. The first-order valence-corrected chi connectivity index (χ1v) is 6.66. The Labute approximate surface area is 106 Å².